The van der Waals surface area contributed by atoms with Crippen molar-refractivity contribution < 1.29 is 14.3 Å². The number of rotatable bonds is 7. The van der Waals surface area contributed by atoms with Gasteiger partial charge >= 0.3 is 0 Å². The molecule has 0 fully saturated rings. The Morgan fingerprint density at radius 1 is 1.41 bits per heavy atom. The molecular formula is C14H20O3. The largest absolute Gasteiger partial charge is 0.467 e. The SMILES string of the molecule is COCOc1cc(C)ccc1C(C)CCC=O. The van der Waals surface area contributed by atoms with Gasteiger partial charge in [-0.15, -0.1) is 0 Å². The molecule has 0 spiro atoms. The van der Waals surface area contributed by atoms with Crippen LogP contribution in [0.15, 0.2) is 18.2 Å². The number of methoxy groups -OCH3 is 1. The Labute approximate surface area is 103 Å². The molecule has 3 heteroatoms. The number of carbonyl (C=O) groups excluding carboxylic acids is 1. The average Bonchev–Trinajstić information content (AvgIpc) is 2.33. The Balaban J connectivity index is 2.84. The highest BCUT2D eigenvalue weighted by atomic mass is 16.7. The molecule has 0 saturated heterocycles. The molecule has 1 aromatic rings. The fraction of sp³-hybridized carbons (Fsp3) is 0.500. The summed E-state index contributed by atoms with van der Waals surface area (Å²) in [6.45, 7) is 4.38. The molecule has 1 atom stereocenters. The molecule has 0 radical (unpaired) electrons. The lowest BCUT2D eigenvalue weighted by molar-refractivity contribution is -0.108. The van der Waals surface area contributed by atoms with Crippen LogP contribution in [0, 0.1) is 6.92 Å². The number of carbonyl (C=O) groups is 1. The Bertz CT molecular complexity index is 360. The zero-order valence-electron chi connectivity index (χ0n) is 10.7. The lowest BCUT2D eigenvalue weighted by atomic mass is 9.95. The summed E-state index contributed by atoms with van der Waals surface area (Å²) >= 11 is 0. The third-order valence-corrected chi connectivity index (χ3v) is 2.75. The third-order valence-electron chi connectivity index (χ3n) is 2.75. The van der Waals surface area contributed by atoms with Crippen molar-refractivity contribution in [3.05, 3.63) is 29.3 Å². The van der Waals surface area contributed by atoms with Crippen LogP contribution in [0.4, 0.5) is 0 Å². The first kappa shape index (κ1) is 13.7. The van der Waals surface area contributed by atoms with Crippen molar-refractivity contribution in [1.82, 2.24) is 0 Å². The highest BCUT2D eigenvalue weighted by Gasteiger charge is 2.11. The van der Waals surface area contributed by atoms with Crippen molar-refractivity contribution >= 4 is 6.29 Å². The molecule has 0 amide bonds. The van der Waals surface area contributed by atoms with Crippen LogP contribution in [0.3, 0.4) is 0 Å². The van der Waals surface area contributed by atoms with Crippen molar-refractivity contribution in [2.45, 2.75) is 32.6 Å². The summed E-state index contributed by atoms with van der Waals surface area (Å²) in [5.41, 5.74) is 2.29. The summed E-state index contributed by atoms with van der Waals surface area (Å²) in [5.74, 6) is 1.16. The number of aryl methyl sites for hydroxylation is 1. The molecule has 0 aromatic heterocycles. The predicted molar refractivity (Wildman–Crippen MR) is 67.4 cm³/mol. The van der Waals surface area contributed by atoms with E-state index < -0.39 is 0 Å². The number of hydrogen-bond acceptors (Lipinski definition) is 3. The molecule has 1 rings (SSSR count). The summed E-state index contributed by atoms with van der Waals surface area (Å²) in [4.78, 5) is 10.4. The van der Waals surface area contributed by atoms with Gasteiger partial charge in [0.05, 0.1) is 0 Å². The Hall–Kier alpha value is -1.35. The van der Waals surface area contributed by atoms with Crippen molar-refractivity contribution in [1.29, 1.82) is 0 Å². The molecule has 1 aromatic carbocycles. The molecule has 0 aliphatic carbocycles. The molecule has 94 valence electrons. The lowest BCUT2D eigenvalue weighted by Crippen LogP contribution is -2.04. The highest BCUT2D eigenvalue weighted by Crippen LogP contribution is 2.30. The van der Waals surface area contributed by atoms with E-state index >= 15 is 0 Å². The van der Waals surface area contributed by atoms with Gasteiger partial charge in [-0.2, -0.15) is 0 Å². The monoisotopic (exact) mass is 236 g/mol. The van der Waals surface area contributed by atoms with Crippen LogP contribution in [0.25, 0.3) is 0 Å². The van der Waals surface area contributed by atoms with Crippen LogP contribution in [-0.4, -0.2) is 20.2 Å². The van der Waals surface area contributed by atoms with Gasteiger partial charge in [0, 0.05) is 13.5 Å². The van der Waals surface area contributed by atoms with Gasteiger partial charge in [-0.1, -0.05) is 19.1 Å². The zero-order chi connectivity index (χ0) is 12.7. The van der Waals surface area contributed by atoms with Crippen LogP contribution in [-0.2, 0) is 9.53 Å². The number of aldehydes is 1. The first-order chi connectivity index (χ1) is 8.19. The quantitative estimate of drug-likeness (QED) is 0.539. The molecule has 17 heavy (non-hydrogen) atoms. The summed E-state index contributed by atoms with van der Waals surface area (Å²) in [7, 11) is 1.60. The zero-order valence-corrected chi connectivity index (χ0v) is 10.7. The van der Waals surface area contributed by atoms with E-state index in [9.17, 15) is 4.79 Å². The summed E-state index contributed by atoms with van der Waals surface area (Å²) < 4.78 is 10.5. The van der Waals surface area contributed by atoms with E-state index in [-0.39, 0.29) is 6.79 Å². The van der Waals surface area contributed by atoms with Crippen LogP contribution in [0.5, 0.6) is 5.75 Å². The summed E-state index contributed by atoms with van der Waals surface area (Å²) in [6, 6.07) is 6.13. The van der Waals surface area contributed by atoms with Gasteiger partial charge in [-0.05, 0) is 36.5 Å². The van der Waals surface area contributed by atoms with Crippen molar-refractivity contribution in [2.24, 2.45) is 0 Å². The highest BCUT2D eigenvalue weighted by molar-refractivity contribution is 5.49. The molecule has 1 unspecified atom stereocenters. The minimum Gasteiger partial charge on any atom is -0.467 e. The van der Waals surface area contributed by atoms with Crippen LogP contribution in [0.1, 0.15) is 36.8 Å². The van der Waals surface area contributed by atoms with Crippen molar-refractivity contribution in [3.63, 3.8) is 0 Å². The van der Waals surface area contributed by atoms with E-state index in [2.05, 4.69) is 19.1 Å². The first-order valence-electron chi connectivity index (χ1n) is 5.85. The van der Waals surface area contributed by atoms with Crippen LogP contribution >= 0.6 is 0 Å². The molecule has 0 heterocycles. The van der Waals surface area contributed by atoms with E-state index in [4.69, 9.17) is 9.47 Å². The summed E-state index contributed by atoms with van der Waals surface area (Å²) in [6.07, 6.45) is 2.38. The number of hydrogen-bond donors (Lipinski definition) is 0. The molecule has 0 bridgehead atoms. The average molecular weight is 236 g/mol. The molecule has 0 saturated carbocycles. The van der Waals surface area contributed by atoms with E-state index in [0.717, 1.165) is 29.6 Å². The number of ether oxygens (including phenoxy) is 2. The van der Waals surface area contributed by atoms with Gasteiger partial charge < -0.3 is 14.3 Å². The Morgan fingerprint density at radius 2 is 2.18 bits per heavy atom. The Morgan fingerprint density at radius 3 is 2.82 bits per heavy atom. The molecule has 0 aliphatic rings. The van der Waals surface area contributed by atoms with E-state index in [1.807, 2.05) is 13.0 Å². The molecule has 3 nitrogen and oxygen atoms in total. The maximum atomic E-state index is 10.4. The van der Waals surface area contributed by atoms with Crippen LogP contribution in [0.2, 0.25) is 0 Å². The second-order valence-electron chi connectivity index (χ2n) is 4.24. The van der Waals surface area contributed by atoms with Crippen molar-refractivity contribution in [3.8, 4) is 5.75 Å². The second-order valence-corrected chi connectivity index (χ2v) is 4.24. The molecule has 0 N–H and O–H groups in total. The van der Waals surface area contributed by atoms with Crippen LogP contribution < -0.4 is 4.74 Å². The molecule has 0 aliphatic heterocycles. The lowest BCUT2D eigenvalue weighted by Gasteiger charge is -2.16. The summed E-state index contributed by atoms with van der Waals surface area (Å²) in [5, 5.41) is 0. The van der Waals surface area contributed by atoms with Gasteiger partial charge in [-0.3, -0.25) is 0 Å². The topological polar surface area (TPSA) is 35.5 Å². The Kier molecular flexibility index (Phi) is 5.70. The minimum atomic E-state index is 0.247. The minimum absolute atomic E-state index is 0.247. The third kappa shape index (κ3) is 4.19. The van der Waals surface area contributed by atoms with Gasteiger partial charge in [0.25, 0.3) is 0 Å². The maximum absolute atomic E-state index is 10.4. The standard InChI is InChI=1S/C14H20O3/c1-11-6-7-13(12(2)5-4-8-15)14(9-11)17-10-16-3/h6-9,12H,4-5,10H2,1-3H3. The number of benzene rings is 1. The first-order valence-corrected chi connectivity index (χ1v) is 5.85. The second kappa shape index (κ2) is 7.07. The van der Waals surface area contributed by atoms with Crippen molar-refractivity contribution in [2.75, 3.05) is 13.9 Å². The predicted octanol–water partition coefficient (Wildman–Crippen LogP) is 3.06. The maximum Gasteiger partial charge on any atom is 0.188 e. The van der Waals surface area contributed by atoms with E-state index in [1.54, 1.807) is 7.11 Å². The van der Waals surface area contributed by atoms with E-state index in [1.165, 1.54) is 0 Å². The van der Waals surface area contributed by atoms with E-state index in [0.29, 0.717) is 12.3 Å². The van der Waals surface area contributed by atoms with Gasteiger partial charge in [0.2, 0.25) is 0 Å². The fourth-order valence-electron chi connectivity index (χ4n) is 1.77. The molecular weight excluding hydrogens is 216 g/mol. The smallest absolute Gasteiger partial charge is 0.188 e. The van der Waals surface area contributed by atoms with Gasteiger partial charge in [0.15, 0.2) is 6.79 Å². The normalized spacial score (nSPS) is 12.2. The van der Waals surface area contributed by atoms with Gasteiger partial charge in [0.1, 0.15) is 12.0 Å². The fourth-order valence-corrected chi connectivity index (χ4v) is 1.77. The van der Waals surface area contributed by atoms with Gasteiger partial charge in [-0.25, -0.2) is 0 Å².